The van der Waals surface area contributed by atoms with Gasteiger partial charge in [0.25, 0.3) is 5.91 Å². The molecule has 0 bridgehead atoms. The van der Waals surface area contributed by atoms with Gasteiger partial charge in [-0.15, -0.1) is 0 Å². The normalized spacial score (nSPS) is 9.56. The zero-order valence-electron chi connectivity index (χ0n) is 8.37. The van der Waals surface area contributed by atoms with Crippen molar-refractivity contribution in [1.82, 2.24) is 15.6 Å². The lowest BCUT2D eigenvalue weighted by atomic mass is 10.2. The van der Waals surface area contributed by atoms with E-state index in [1.165, 1.54) is 6.20 Å². The maximum atomic E-state index is 11.5. The quantitative estimate of drug-likeness (QED) is 0.546. The van der Waals surface area contributed by atoms with E-state index < -0.39 is 6.03 Å². The van der Waals surface area contributed by atoms with Crippen molar-refractivity contribution >= 4 is 27.9 Å². The van der Waals surface area contributed by atoms with Crippen LogP contribution < -0.4 is 16.4 Å². The fraction of sp³-hybridized carbons (Fsp3) is 0.222. The summed E-state index contributed by atoms with van der Waals surface area (Å²) in [6.07, 6.45) is 1.53. The van der Waals surface area contributed by atoms with Crippen LogP contribution in [0.3, 0.4) is 0 Å². The van der Waals surface area contributed by atoms with E-state index in [0.717, 1.165) is 0 Å². The molecule has 1 heterocycles. The number of urea groups is 1. The number of hydrogen-bond donors (Lipinski definition) is 3. The molecular formula is C9H11BrN4O2. The van der Waals surface area contributed by atoms with Crippen molar-refractivity contribution in [3.8, 4) is 0 Å². The summed E-state index contributed by atoms with van der Waals surface area (Å²) < 4.78 is 0.593. The molecule has 1 aromatic rings. The van der Waals surface area contributed by atoms with E-state index in [-0.39, 0.29) is 5.91 Å². The number of carbonyl (C=O) groups excluding carboxylic acids is 2. The third-order valence-corrected chi connectivity index (χ3v) is 2.13. The summed E-state index contributed by atoms with van der Waals surface area (Å²) in [4.78, 5) is 25.8. The average Bonchev–Trinajstić information content (AvgIpc) is 2.24. The maximum absolute atomic E-state index is 11.5. The Labute approximate surface area is 101 Å². The summed E-state index contributed by atoms with van der Waals surface area (Å²) in [6.45, 7) is 0.620. The fourth-order valence-corrected chi connectivity index (χ4v) is 1.37. The van der Waals surface area contributed by atoms with Gasteiger partial charge >= 0.3 is 6.03 Å². The molecule has 86 valence electrons. The molecule has 0 radical (unpaired) electrons. The Kier molecular flexibility index (Phi) is 4.71. The summed E-state index contributed by atoms with van der Waals surface area (Å²) in [6, 6.07) is 2.60. The number of amides is 3. The lowest BCUT2D eigenvalue weighted by Crippen LogP contribution is -2.37. The largest absolute Gasteiger partial charge is 0.352 e. The highest BCUT2D eigenvalue weighted by molar-refractivity contribution is 9.10. The Bertz CT molecular complexity index is 397. The molecule has 7 heteroatoms. The molecule has 1 rings (SSSR count). The monoisotopic (exact) mass is 286 g/mol. The van der Waals surface area contributed by atoms with Crippen LogP contribution in [0.2, 0.25) is 0 Å². The summed E-state index contributed by atoms with van der Waals surface area (Å²) in [7, 11) is 0. The van der Waals surface area contributed by atoms with E-state index in [1.54, 1.807) is 12.1 Å². The van der Waals surface area contributed by atoms with E-state index in [1.807, 2.05) is 0 Å². The smallest absolute Gasteiger partial charge is 0.312 e. The van der Waals surface area contributed by atoms with Gasteiger partial charge in [0.15, 0.2) is 0 Å². The van der Waals surface area contributed by atoms with Gasteiger partial charge in [-0.25, -0.2) is 9.78 Å². The second kappa shape index (κ2) is 6.06. The highest BCUT2D eigenvalue weighted by Gasteiger charge is 2.04. The van der Waals surface area contributed by atoms with Crippen molar-refractivity contribution < 1.29 is 9.59 Å². The van der Waals surface area contributed by atoms with Gasteiger partial charge in [0.05, 0.1) is 0 Å². The van der Waals surface area contributed by atoms with Gasteiger partial charge in [-0.3, -0.25) is 4.79 Å². The minimum Gasteiger partial charge on any atom is -0.352 e. The number of nitrogens with two attached hydrogens (primary N) is 1. The number of aromatic nitrogens is 1. The van der Waals surface area contributed by atoms with E-state index in [2.05, 4.69) is 31.5 Å². The van der Waals surface area contributed by atoms with Crippen molar-refractivity contribution in [3.63, 3.8) is 0 Å². The van der Waals surface area contributed by atoms with Crippen LogP contribution in [0.1, 0.15) is 10.4 Å². The molecule has 16 heavy (non-hydrogen) atoms. The molecule has 3 amide bonds. The van der Waals surface area contributed by atoms with Gasteiger partial charge in [-0.2, -0.15) is 0 Å². The molecule has 0 saturated heterocycles. The topological polar surface area (TPSA) is 97.1 Å². The van der Waals surface area contributed by atoms with Gasteiger partial charge in [-0.1, -0.05) is 0 Å². The number of nitrogens with zero attached hydrogens (tertiary/aromatic N) is 1. The number of hydrogen-bond acceptors (Lipinski definition) is 3. The number of carbonyl (C=O) groups is 2. The minimum absolute atomic E-state index is 0.227. The highest BCUT2D eigenvalue weighted by atomic mass is 79.9. The summed E-state index contributed by atoms with van der Waals surface area (Å²) in [5.74, 6) is -0.227. The van der Waals surface area contributed by atoms with Gasteiger partial charge in [0.1, 0.15) is 4.60 Å². The molecule has 0 aliphatic carbocycles. The maximum Gasteiger partial charge on any atom is 0.312 e. The van der Waals surface area contributed by atoms with Crippen LogP contribution in [-0.4, -0.2) is 30.0 Å². The molecule has 0 fully saturated rings. The zero-order valence-corrected chi connectivity index (χ0v) is 9.95. The number of pyridine rings is 1. The van der Waals surface area contributed by atoms with Crippen LogP contribution in [0.25, 0.3) is 0 Å². The molecule has 0 aliphatic heterocycles. The van der Waals surface area contributed by atoms with Crippen molar-refractivity contribution in [2.75, 3.05) is 13.1 Å². The molecule has 0 spiro atoms. The van der Waals surface area contributed by atoms with Crippen LogP contribution in [0, 0.1) is 0 Å². The Morgan fingerprint density at radius 2 is 2.06 bits per heavy atom. The summed E-state index contributed by atoms with van der Waals surface area (Å²) in [5.41, 5.74) is 5.36. The van der Waals surface area contributed by atoms with Gasteiger partial charge in [0.2, 0.25) is 0 Å². The average molecular weight is 287 g/mol. The Balaban J connectivity index is 2.38. The molecule has 6 nitrogen and oxygen atoms in total. The number of halogens is 1. The molecule has 0 atom stereocenters. The van der Waals surface area contributed by atoms with Crippen LogP contribution in [-0.2, 0) is 0 Å². The SMILES string of the molecule is NC(=O)NCCNC(=O)c1ccnc(Br)c1. The zero-order chi connectivity index (χ0) is 12.0. The third kappa shape index (κ3) is 4.26. The van der Waals surface area contributed by atoms with Gasteiger partial charge in [0, 0.05) is 24.8 Å². The molecule has 4 N–H and O–H groups in total. The van der Waals surface area contributed by atoms with Gasteiger partial charge < -0.3 is 16.4 Å². The van der Waals surface area contributed by atoms with Crippen LogP contribution in [0.5, 0.6) is 0 Å². The predicted molar refractivity (Wildman–Crippen MR) is 61.9 cm³/mol. The number of primary amides is 1. The van der Waals surface area contributed by atoms with E-state index >= 15 is 0 Å². The summed E-state index contributed by atoms with van der Waals surface area (Å²) in [5, 5.41) is 4.99. The second-order valence-electron chi connectivity index (χ2n) is 2.91. The molecule has 0 saturated carbocycles. The number of rotatable bonds is 4. The first-order valence-electron chi connectivity index (χ1n) is 4.52. The van der Waals surface area contributed by atoms with Crippen molar-refractivity contribution in [1.29, 1.82) is 0 Å². The number of nitrogens with one attached hydrogen (secondary N) is 2. The minimum atomic E-state index is -0.610. The van der Waals surface area contributed by atoms with Crippen molar-refractivity contribution in [2.24, 2.45) is 5.73 Å². The van der Waals surface area contributed by atoms with E-state index in [0.29, 0.717) is 23.3 Å². The second-order valence-corrected chi connectivity index (χ2v) is 3.73. The Hall–Kier alpha value is -1.63. The van der Waals surface area contributed by atoms with Crippen LogP contribution >= 0.6 is 15.9 Å². The van der Waals surface area contributed by atoms with Crippen LogP contribution in [0.15, 0.2) is 22.9 Å². The molecule has 0 aliphatic rings. The predicted octanol–water partition coefficient (Wildman–Crippen LogP) is 0.242. The van der Waals surface area contributed by atoms with Crippen LogP contribution in [0.4, 0.5) is 4.79 Å². The Morgan fingerprint density at radius 1 is 1.38 bits per heavy atom. The highest BCUT2D eigenvalue weighted by Crippen LogP contribution is 2.07. The first-order valence-corrected chi connectivity index (χ1v) is 5.32. The van der Waals surface area contributed by atoms with E-state index in [9.17, 15) is 9.59 Å². The van der Waals surface area contributed by atoms with E-state index in [4.69, 9.17) is 5.73 Å². The summed E-state index contributed by atoms with van der Waals surface area (Å²) >= 11 is 3.17. The van der Waals surface area contributed by atoms with Gasteiger partial charge in [-0.05, 0) is 28.1 Å². The van der Waals surface area contributed by atoms with Crippen molar-refractivity contribution in [2.45, 2.75) is 0 Å². The lowest BCUT2D eigenvalue weighted by Gasteiger charge is -2.05. The molecule has 1 aromatic heterocycles. The lowest BCUT2D eigenvalue weighted by molar-refractivity contribution is 0.0953. The molecule has 0 unspecified atom stereocenters. The third-order valence-electron chi connectivity index (χ3n) is 1.70. The standard InChI is InChI=1S/C9H11BrN4O2/c10-7-5-6(1-2-12-7)8(15)13-3-4-14-9(11)16/h1-2,5H,3-4H2,(H,13,15)(H3,11,14,16). The first-order chi connectivity index (χ1) is 7.59. The fourth-order valence-electron chi connectivity index (χ4n) is 1.01. The first kappa shape index (κ1) is 12.4. The molecular weight excluding hydrogens is 276 g/mol. The Morgan fingerprint density at radius 3 is 2.69 bits per heavy atom. The van der Waals surface area contributed by atoms with Crippen molar-refractivity contribution in [3.05, 3.63) is 28.5 Å². The molecule has 0 aromatic carbocycles.